The summed E-state index contributed by atoms with van der Waals surface area (Å²) in [5, 5.41) is 3.41. The maximum Gasteiger partial charge on any atom is 0.265 e. The van der Waals surface area contributed by atoms with Crippen LogP contribution in [0, 0.1) is 0 Å². The number of carbonyl (C=O) groups is 1. The molecule has 1 atom stereocenters. The molecular weight excluding hydrogens is 410 g/mol. The number of carbonyl (C=O) groups excluding carboxylic acids is 1. The van der Waals surface area contributed by atoms with Crippen molar-refractivity contribution in [1.82, 2.24) is 0 Å². The number of rotatable bonds is 7. The molecule has 0 bridgehead atoms. The molecule has 162 valence electrons. The Bertz CT molecular complexity index is 1010. The van der Waals surface area contributed by atoms with Gasteiger partial charge in [-0.25, -0.2) is 0 Å². The molecule has 4 nitrogen and oxygen atoms in total. The molecule has 0 aliphatic carbocycles. The van der Waals surface area contributed by atoms with E-state index in [0.29, 0.717) is 34.4 Å². The Morgan fingerprint density at radius 2 is 1.65 bits per heavy atom. The molecule has 0 aromatic heterocycles. The second-order valence-electron chi connectivity index (χ2n) is 8.33. The van der Waals surface area contributed by atoms with Gasteiger partial charge in [0.15, 0.2) is 11.9 Å². The molecule has 3 aromatic rings. The molecule has 1 amide bonds. The summed E-state index contributed by atoms with van der Waals surface area (Å²) in [4.78, 5) is 13.0. The molecule has 3 rings (SSSR count). The van der Waals surface area contributed by atoms with Gasteiger partial charge in [0.2, 0.25) is 0 Å². The molecule has 1 N–H and O–H groups in total. The maximum absolute atomic E-state index is 13.0. The van der Waals surface area contributed by atoms with Crippen molar-refractivity contribution in [2.24, 2.45) is 0 Å². The van der Waals surface area contributed by atoms with Crippen LogP contribution in [0.15, 0.2) is 72.8 Å². The number of hydrogen-bond acceptors (Lipinski definition) is 3. The highest BCUT2D eigenvalue weighted by Gasteiger charge is 2.21. The van der Waals surface area contributed by atoms with Gasteiger partial charge in [-0.1, -0.05) is 69.6 Å². The van der Waals surface area contributed by atoms with Crippen molar-refractivity contribution in [3.05, 3.63) is 83.4 Å². The summed E-state index contributed by atoms with van der Waals surface area (Å²) >= 11 is 6.16. The number of hydrogen-bond donors (Lipinski definition) is 1. The smallest absolute Gasteiger partial charge is 0.265 e. The Morgan fingerprint density at radius 3 is 2.26 bits per heavy atom. The predicted molar refractivity (Wildman–Crippen MR) is 126 cm³/mol. The Hall–Kier alpha value is -2.98. The van der Waals surface area contributed by atoms with E-state index in [4.69, 9.17) is 21.1 Å². The third kappa shape index (κ3) is 6.25. The van der Waals surface area contributed by atoms with Crippen molar-refractivity contribution in [2.75, 3.05) is 5.32 Å². The van der Waals surface area contributed by atoms with Gasteiger partial charge in [-0.2, -0.15) is 0 Å². The van der Waals surface area contributed by atoms with Gasteiger partial charge >= 0.3 is 0 Å². The minimum Gasteiger partial charge on any atom is -0.481 e. The molecule has 31 heavy (non-hydrogen) atoms. The first-order valence-electron chi connectivity index (χ1n) is 10.4. The quantitative estimate of drug-likeness (QED) is 0.424. The number of halogens is 1. The average molecular weight is 438 g/mol. The topological polar surface area (TPSA) is 47.6 Å². The first-order chi connectivity index (χ1) is 14.8. The Labute approximate surface area is 189 Å². The van der Waals surface area contributed by atoms with Crippen LogP contribution in [-0.4, -0.2) is 12.0 Å². The van der Waals surface area contributed by atoms with Crippen LogP contribution in [0.3, 0.4) is 0 Å². The molecule has 5 heteroatoms. The summed E-state index contributed by atoms with van der Waals surface area (Å²) in [6.45, 7) is 8.38. The Balaban J connectivity index is 1.74. The van der Waals surface area contributed by atoms with Gasteiger partial charge in [0.25, 0.3) is 5.91 Å². The van der Waals surface area contributed by atoms with E-state index in [2.05, 4.69) is 26.1 Å². The average Bonchev–Trinajstić information content (AvgIpc) is 2.74. The number of benzene rings is 3. The first kappa shape index (κ1) is 22.7. The summed E-state index contributed by atoms with van der Waals surface area (Å²) in [6.07, 6.45) is -0.133. The van der Waals surface area contributed by atoms with Crippen LogP contribution in [0.5, 0.6) is 17.2 Å². The zero-order valence-corrected chi connectivity index (χ0v) is 19.1. The molecule has 0 heterocycles. The number of amides is 1. The highest BCUT2D eigenvalue weighted by atomic mass is 35.5. The zero-order chi connectivity index (χ0) is 22.4. The SMILES string of the molecule is CC[C@@H](Oc1ccc(C(C)(C)C)cc1)C(=O)Nc1cc(Cl)ccc1Oc1ccccc1. The van der Waals surface area contributed by atoms with Crippen LogP contribution in [0.2, 0.25) is 5.02 Å². The molecule has 0 fully saturated rings. The van der Waals surface area contributed by atoms with Gasteiger partial charge in [0.05, 0.1) is 5.69 Å². The van der Waals surface area contributed by atoms with Gasteiger partial charge in [-0.3, -0.25) is 4.79 Å². The lowest BCUT2D eigenvalue weighted by atomic mass is 9.87. The number of anilines is 1. The third-order valence-electron chi connectivity index (χ3n) is 4.83. The molecular formula is C26H28ClNO3. The van der Waals surface area contributed by atoms with Crippen molar-refractivity contribution in [1.29, 1.82) is 0 Å². The van der Waals surface area contributed by atoms with Crippen LogP contribution in [0.25, 0.3) is 0 Å². The molecule has 0 spiro atoms. The van der Waals surface area contributed by atoms with Crippen LogP contribution in [0.4, 0.5) is 5.69 Å². The highest BCUT2D eigenvalue weighted by Crippen LogP contribution is 2.32. The van der Waals surface area contributed by atoms with Gasteiger partial charge in [-0.05, 0) is 59.9 Å². The van der Waals surface area contributed by atoms with E-state index in [1.807, 2.05) is 61.5 Å². The summed E-state index contributed by atoms with van der Waals surface area (Å²) in [5.74, 6) is 1.57. The van der Waals surface area contributed by atoms with E-state index in [0.717, 1.165) is 0 Å². The van der Waals surface area contributed by atoms with Crippen molar-refractivity contribution in [3.63, 3.8) is 0 Å². The van der Waals surface area contributed by atoms with Crippen LogP contribution >= 0.6 is 11.6 Å². The minimum absolute atomic E-state index is 0.0573. The lowest BCUT2D eigenvalue weighted by molar-refractivity contribution is -0.122. The van der Waals surface area contributed by atoms with Gasteiger partial charge < -0.3 is 14.8 Å². The molecule has 0 aliphatic rings. The molecule has 0 saturated carbocycles. The molecule has 0 aliphatic heterocycles. The van der Waals surface area contributed by atoms with Gasteiger partial charge in [-0.15, -0.1) is 0 Å². The summed E-state index contributed by atoms with van der Waals surface area (Å²) in [5.41, 5.74) is 1.76. The van der Waals surface area contributed by atoms with Gasteiger partial charge in [0, 0.05) is 5.02 Å². The normalized spacial score (nSPS) is 12.2. The van der Waals surface area contributed by atoms with E-state index in [1.165, 1.54) is 5.56 Å². The summed E-state index contributed by atoms with van der Waals surface area (Å²) < 4.78 is 11.9. The lowest BCUT2D eigenvalue weighted by Crippen LogP contribution is -2.32. The first-order valence-corrected chi connectivity index (χ1v) is 10.7. The van der Waals surface area contributed by atoms with Crippen LogP contribution in [0.1, 0.15) is 39.7 Å². The van der Waals surface area contributed by atoms with Crippen molar-refractivity contribution < 1.29 is 14.3 Å². The van der Waals surface area contributed by atoms with Crippen LogP contribution < -0.4 is 14.8 Å². The Morgan fingerprint density at radius 1 is 0.968 bits per heavy atom. The molecule has 0 unspecified atom stereocenters. The number of para-hydroxylation sites is 1. The van der Waals surface area contributed by atoms with Crippen molar-refractivity contribution in [2.45, 2.75) is 45.6 Å². The molecule has 3 aromatic carbocycles. The molecule has 0 radical (unpaired) electrons. The van der Waals surface area contributed by atoms with Gasteiger partial charge in [0.1, 0.15) is 11.5 Å². The second-order valence-corrected chi connectivity index (χ2v) is 8.77. The van der Waals surface area contributed by atoms with Crippen molar-refractivity contribution in [3.8, 4) is 17.2 Å². The van der Waals surface area contributed by atoms with E-state index < -0.39 is 6.10 Å². The van der Waals surface area contributed by atoms with Crippen molar-refractivity contribution >= 4 is 23.2 Å². The van der Waals surface area contributed by atoms with E-state index >= 15 is 0 Å². The maximum atomic E-state index is 13.0. The third-order valence-corrected chi connectivity index (χ3v) is 5.07. The Kier molecular flexibility index (Phi) is 7.24. The standard InChI is InChI=1S/C26H28ClNO3/c1-5-23(30-21-14-11-18(12-15-21)26(2,3)4)25(29)28-22-17-19(27)13-16-24(22)31-20-9-7-6-8-10-20/h6-17,23H,5H2,1-4H3,(H,28,29)/t23-/m1/s1. The fourth-order valence-corrected chi connectivity index (χ4v) is 3.21. The lowest BCUT2D eigenvalue weighted by Gasteiger charge is -2.21. The molecule has 0 saturated heterocycles. The van der Waals surface area contributed by atoms with E-state index in [1.54, 1.807) is 18.2 Å². The fraction of sp³-hybridized carbons (Fsp3) is 0.269. The van der Waals surface area contributed by atoms with E-state index in [-0.39, 0.29) is 11.3 Å². The van der Waals surface area contributed by atoms with Crippen LogP contribution in [-0.2, 0) is 10.2 Å². The largest absolute Gasteiger partial charge is 0.481 e. The number of ether oxygens (including phenoxy) is 2. The summed E-state index contributed by atoms with van der Waals surface area (Å²) in [7, 11) is 0. The second kappa shape index (κ2) is 9.88. The number of nitrogens with one attached hydrogen (secondary N) is 1. The summed E-state index contributed by atoms with van der Waals surface area (Å²) in [6, 6.07) is 22.4. The zero-order valence-electron chi connectivity index (χ0n) is 18.3. The minimum atomic E-state index is -0.649. The fourth-order valence-electron chi connectivity index (χ4n) is 3.04. The highest BCUT2D eigenvalue weighted by molar-refractivity contribution is 6.31. The monoisotopic (exact) mass is 437 g/mol. The predicted octanol–water partition coefficient (Wildman–Crippen LogP) is 7.23. The van der Waals surface area contributed by atoms with E-state index in [9.17, 15) is 4.79 Å².